The molecule has 4 nitrogen and oxygen atoms in total. The van der Waals surface area contributed by atoms with Crippen molar-refractivity contribution in [3.63, 3.8) is 0 Å². The number of carbonyl (C=O) groups is 1. The minimum Gasteiger partial charge on any atom is -0.478 e. The minimum absolute atomic E-state index is 0.0409. The summed E-state index contributed by atoms with van der Waals surface area (Å²) in [6.07, 6.45) is 0. The molecule has 0 spiro atoms. The maximum atomic E-state index is 10.9. The number of hydrogen-bond acceptors (Lipinski definition) is 3. The van der Waals surface area contributed by atoms with E-state index in [9.17, 15) is 4.79 Å². The predicted octanol–water partition coefficient (Wildman–Crippen LogP) is 4.42. The lowest BCUT2D eigenvalue weighted by atomic mass is 10.1. The molecule has 2 N–H and O–H groups in total. The number of furan rings is 1. The molecule has 1 heterocycles. The molecule has 0 saturated heterocycles. The Morgan fingerprint density at radius 2 is 2.05 bits per heavy atom. The molecule has 1 atom stereocenters. The van der Waals surface area contributed by atoms with E-state index in [2.05, 4.69) is 5.32 Å². The van der Waals surface area contributed by atoms with Crippen molar-refractivity contribution in [1.82, 2.24) is 0 Å². The smallest absolute Gasteiger partial charge is 0.337 e. The van der Waals surface area contributed by atoms with Crippen LogP contribution < -0.4 is 5.32 Å². The van der Waals surface area contributed by atoms with E-state index >= 15 is 0 Å². The van der Waals surface area contributed by atoms with Gasteiger partial charge in [-0.25, -0.2) is 4.79 Å². The lowest BCUT2D eigenvalue weighted by molar-refractivity contribution is 0.0697. The summed E-state index contributed by atoms with van der Waals surface area (Å²) >= 11 is 5.95. The number of halogens is 1. The van der Waals surface area contributed by atoms with Gasteiger partial charge in [0.2, 0.25) is 0 Å². The van der Waals surface area contributed by atoms with E-state index in [1.807, 2.05) is 26.8 Å². The minimum atomic E-state index is -1.03. The molecule has 2 rings (SSSR count). The van der Waals surface area contributed by atoms with Gasteiger partial charge < -0.3 is 14.8 Å². The molecule has 0 saturated carbocycles. The van der Waals surface area contributed by atoms with Gasteiger partial charge in [-0.05, 0) is 45.0 Å². The van der Waals surface area contributed by atoms with Gasteiger partial charge in [0.15, 0.2) is 0 Å². The summed E-state index contributed by atoms with van der Waals surface area (Å²) in [6.45, 7) is 5.83. The summed E-state index contributed by atoms with van der Waals surface area (Å²) in [4.78, 5) is 10.9. The number of aryl methyl sites for hydroxylation is 2. The summed E-state index contributed by atoms with van der Waals surface area (Å²) < 4.78 is 5.50. The van der Waals surface area contributed by atoms with Crippen molar-refractivity contribution in [2.45, 2.75) is 26.8 Å². The number of carboxylic acids is 1. The highest BCUT2D eigenvalue weighted by molar-refractivity contribution is 6.33. The van der Waals surface area contributed by atoms with Crippen molar-refractivity contribution >= 4 is 23.3 Å². The average Bonchev–Trinajstić information content (AvgIpc) is 2.68. The van der Waals surface area contributed by atoms with Gasteiger partial charge in [-0.1, -0.05) is 11.6 Å². The molecule has 0 aliphatic heterocycles. The zero-order chi connectivity index (χ0) is 14.9. The first-order chi connectivity index (χ1) is 9.38. The summed E-state index contributed by atoms with van der Waals surface area (Å²) in [6, 6.07) is 6.84. The molecule has 106 valence electrons. The van der Waals surface area contributed by atoms with E-state index in [4.69, 9.17) is 21.1 Å². The van der Waals surface area contributed by atoms with E-state index in [0.29, 0.717) is 0 Å². The lowest BCUT2D eigenvalue weighted by Gasteiger charge is -2.15. The Labute approximate surface area is 122 Å². The zero-order valence-corrected chi connectivity index (χ0v) is 12.3. The molecule has 1 aromatic heterocycles. The molecule has 0 aliphatic carbocycles. The van der Waals surface area contributed by atoms with E-state index in [0.717, 1.165) is 22.8 Å². The highest BCUT2D eigenvalue weighted by atomic mass is 35.5. The quantitative estimate of drug-likeness (QED) is 0.876. The number of carboxylic acid groups (broad SMARTS) is 1. The molecule has 5 heteroatoms. The largest absolute Gasteiger partial charge is 0.478 e. The Morgan fingerprint density at radius 1 is 1.35 bits per heavy atom. The molecule has 0 bridgehead atoms. The lowest BCUT2D eigenvalue weighted by Crippen LogP contribution is -2.07. The molecule has 1 aromatic carbocycles. The number of hydrogen-bond donors (Lipinski definition) is 2. The van der Waals surface area contributed by atoms with Gasteiger partial charge in [0.05, 0.1) is 16.6 Å². The standard InChI is InChI=1S/C15H16ClNO3/c1-8-6-13(10(3)20-8)9(2)17-11-4-5-12(15(18)19)14(16)7-11/h4-7,9,17H,1-3H3,(H,18,19). The summed E-state index contributed by atoms with van der Waals surface area (Å²) in [5.74, 6) is 0.706. The van der Waals surface area contributed by atoms with Crippen LogP contribution in [0.5, 0.6) is 0 Å². The van der Waals surface area contributed by atoms with E-state index < -0.39 is 5.97 Å². The molecule has 20 heavy (non-hydrogen) atoms. The molecule has 0 aliphatic rings. The predicted molar refractivity (Wildman–Crippen MR) is 78.6 cm³/mol. The van der Waals surface area contributed by atoms with E-state index in [-0.39, 0.29) is 16.6 Å². The van der Waals surface area contributed by atoms with Crippen LogP contribution in [0.25, 0.3) is 0 Å². The van der Waals surface area contributed by atoms with Crippen molar-refractivity contribution in [3.8, 4) is 0 Å². The fourth-order valence-corrected chi connectivity index (χ4v) is 2.45. The number of rotatable bonds is 4. The fourth-order valence-electron chi connectivity index (χ4n) is 2.19. The normalized spacial score (nSPS) is 12.2. The maximum Gasteiger partial charge on any atom is 0.337 e. The Bertz CT molecular complexity index is 649. The fraction of sp³-hybridized carbons (Fsp3) is 0.267. The van der Waals surface area contributed by atoms with Gasteiger partial charge in [0, 0.05) is 11.3 Å². The number of anilines is 1. The molecule has 0 fully saturated rings. The van der Waals surface area contributed by atoms with Crippen molar-refractivity contribution in [3.05, 3.63) is 51.9 Å². The second kappa shape index (κ2) is 5.59. The van der Waals surface area contributed by atoms with E-state index in [1.54, 1.807) is 12.1 Å². The van der Waals surface area contributed by atoms with Crippen LogP contribution in [0.15, 0.2) is 28.7 Å². The van der Waals surface area contributed by atoms with Crippen LogP contribution in [0.1, 0.15) is 40.4 Å². The Morgan fingerprint density at radius 3 is 2.55 bits per heavy atom. The number of aromatic carboxylic acids is 1. The van der Waals surface area contributed by atoms with Gasteiger partial charge >= 0.3 is 5.97 Å². The van der Waals surface area contributed by atoms with Crippen molar-refractivity contribution in [1.29, 1.82) is 0 Å². The molecule has 0 amide bonds. The number of benzene rings is 1. The molecular formula is C15H16ClNO3. The van der Waals surface area contributed by atoms with Crippen LogP contribution in [0, 0.1) is 13.8 Å². The van der Waals surface area contributed by atoms with Gasteiger partial charge in [0.25, 0.3) is 0 Å². The molecular weight excluding hydrogens is 278 g/mol. The highest BCUT2D eigenvalue weighted by Gasteiger charge is 2.14. The first-order valence-electron chi connectivity index (χ1n) is 6.25. The Balaban J connectivity index is 2.20. The maximum absolute atomic E-state index is 10.9. The topological polar surface area (TPSA) is 62.5 Å². The summed E-state index contributed by atoms with van der Waals surface area (Å²) in [5, 5.41) is 12.4. The third-order valence-corrected chi connectivity index (χ3v) is 3.44. The van der Waals surface area contributed by atoms with E-state index in [1.165, 1.54) is 6.07 Å². The molecule has 1 unspecified atom stereocenters. The second-order valence-corrected chi connectivity index (χ2v) is 5.14. The zero-order valence-electron chi connectivity index (χ0n) is 11.5. The Kier molecular flexibility index (Phi) is 4.04. The first-order valence-corrected chi connectivity index (χ1v) is 6.62. The highest BCUT2D eigenvalue weighted by Crippen LogP contribution is 2.27. The monoisotopic (exact) mass is 293 g/mol. The summed E-state index contributed by atoms with van der Waals surface area (Å²) in [7, 11) is 0. The van der Waals surface area contributed by atoms with Crippen LogP contribution in [-0.4, -0.2) is 11.1 Å². The molecule has 0 radical (unpaired) electrons. The van der Waals surface area contributed by atoms with Crippen molar-refractivity contribution < 1.29 is 14.3 Å². The average molecular weight is 294 g/mol. The van der Waals surface area contributed by atoms with Gasteiger partial charge in [-0.15, -0.1) is 0 Å². The van der Waals surface area contributed by atoms with Gasteiger partial charge in [-0.2, -0.15) is 0 Å². The first kappa shape index (κ1) is 14.5. The van der Waals surface area contributed by atoms with Crippen LogP contribution in [-0.2, 0) is 0 Å². The van der Waals surface area contributed by atoms with Gasteiger partial charge in [0.1, 0.15) is 11.5 Å². The SMILES string of the molecule is Cc1cc(C(C)Nc2ccc(C(=O)O)c(Cl)c2)c(C)o1. The summed E-state index contributed by atoms with van der Waals surface area (Å²) in [5.41, 5.74) is 1.94. The van der Waals surface area contributed by atoms with Crippen LogP contribution in [0.3, 0.4) is 0 Å². The van der Waals surface area contributed by atoms with Crippen LogP contribution >= 0.6 is 11.6 Å². The third kappa shape index (κ3) is 2.96. The molecule has 2 aromatic rings. The van der Waals surface area contributed by atoms with Crippen molar-refractivity contribution in [2.75, 3.05) is 5.32 Å². The van der Waals surface area contributed by atoms with Crippen molar-refractivity contribution in [2.24, 2.45) is 0 Å². The van der Waals surface area contributed by atoms with Crippen LogP contribution in [0.4, 0.5) is 5.69 Å². The van der Waals surface area contributed by atoms with Gasteiger partial charge in [-0.3, -0.25) is 0 Å². The van der Waals surface area contributed by atoms with Crippen LogP contribution in [0.2, 0.25) is 5.02 Å². The third-order valence-electron chi connectivity index (χ3n) is 3.13. The number of nitrogens with one attached hydrogen (secondary N) is 1. The second-order valence-electron chi connectivity index (χ2n) is 4.73. The Hall–Kier alpha value is -1.94.